The van der Waals surface area contributed by atoms with E-state index in [2.05, 4.69) is 0 Å². The van der Waals surface area contributed by atoms with Crippen molar-refractivity contribution in [2.24, 2.45) is 0 Å². The third-order valence-corrected chi connectivity index (χ3v) is 4.84. The molecule has 2 aromatic carbocycles. The molecular weight excluding hydrogens is 389 g/mol. The van der Waals surface area contributed by atoms with E-state index >= 15 is 0 Å². The highest BCUT2D eigenvalue weighted by Gasteiger charge is 2.29. The average Bonchev–Trinajstić information content (AvgIpc) is 2.67. The van der Waals surface area contributed by atoms with Crippen molar-refractivity contribution in [3.8, 4) is 5.75 Å². The van der Waals surface area contributed by atoms with Crippen molar-refractivity contribution in [2.75, 3.05) is 37.7 Å². The zero-order valence-electron chi connectivity index (χ0n) is 15.2. The predicted molar refractivity (Wildman–Crippen MR) is 104 cm³/mol. The second-order valence-electron chi connectivity index (χ2n) is 6.22. The van der Waals surface area contributed by atoms with Crippen LogP contribution in [0.25, 0.3) is 0 Å². The summed E-state index contributed by atoms with van der Waals surface area (Å²) in [6, 6.07) is 8.62. The van der Waals surface area contributed by atoms with Crippen molar-refractivity contribution < 1.29 is 18.8 Å². The van der Waals surface area contributed by atoms with E-state index in [-0.39, 0.29) is 27.9 Å². The molecule has 0 N–H and O–H groups in total. The zero-order valence-corrected chi connectivity index (χ0v) is 16.0. The number of rotatable bonds is 5. The van der Waals surface area contributed by atoms with Crippen LogP contribution in [-0.2, 0) is 0 Å². The van der Waals surface area contributed by atoms with Crippen LogP contribution in [0.1, 0.15) is 17.3 Å². The number of nitrogens with zero attached hydrogens (tertiary/aromatic N) is 3. The first kappa shape index (κ1) is 19.9. The van der Waals surface area contributed by atoms with E-state index in [1.54, 1.807) is 30.0 Å². The van der Waals surface area contributed by atoms with Gasteiger partial charge in [0.2, 0.25) is 0 Å². The number of anilines is 1. The minimum atomic E-state index is -0.507. The van der Waals surface area contributed by atoms with E-state index < -0.39 is 10.7 Å². The highest BCUT2D eigenvalue weighted by Crippen LogP contribution is 2.37. The molecule has 0 radical (unpaired) electrons. The lowest BCUT2D eigenvalue weighted by atomic mass is 10.1. The molecule has 0 aromatic heterocycles. The van der Waals surface area contributed by atoms with Gasteiger partial charge in [-0.2, -0.15) is 0 Å². The Bertz CT molecular complexity index is 901. The molecule has 0 saturated carbocycles. The number of halogens is 2. The van der Waals surface area contributed by atoms with E-state index in [4.69, 9.17) is 16.3 Å². The van der Waals surface area contributed by atoms with Crippen molar-refractivity contribution in [2.45, 2.75) is 6.92 Å². The Balaban J connectivity index is 1.76. The summed E-state index contributed by atoms with van der Waals surface area (Å²) in [5, 5.41) is 11.6. The molecule has 2 aromatic rings. The highest BCUT2D eigenvalue weighted by atomic mass is 35.5. The van der Waals surface area contributed by atoms with Gasteiger partial charge in [-0.15, -0.1) is 0 Å². The molecule has 0 atom stereocenters. The Morgan fingerprint density at radius 3 is 2.57 bits per heavy atom. The van der Waals surface area contributed by atoms with Gasteiger partial charge in [-0.1, -0.05) is 17.7 Å². The van der Waals surface area contributed by atoms with Crippen molar-refractivity contribution in [3.05, 3.63) is 62.9 Å². The van der Waals surface area contributed by atoms with E-state index in [0.717, 1.165) is 6.07 Å². The van der Waals surface area contributed by atoms with Gasteiger partial charge >= 0.3 is 5.69 Å². The van der Waals surface area contributed by atoms with Gasteiger partial charge < -0.3 is 14.5 Å². The fraction of sp³-hybridized carbons (Fsp3) is 0.316. The minimum Gasteiger partial charge on any atom is -0.487 e. The molecule has 1 aliphatic rings. The molecule has 0 aliphatic carbocycles. The molecule has 148 valence electrons. The van der Waals surface area contributed by atoms with Gasteiger partial charge in [-0.25, -0.2) is 4.39 Å². The zero-order chi connectivity index (χ0) is 20.3. The SMILES string of the molecule is CCOc1cccc(N2CCN(C(=O)c3ccc(F)cc3Cl)CC2)c1[N+](=O)[O-]. The van der Waals surface area contributed by atoms with Gasteiger partial charge in [0.05, 0.1) is 22.1 Å². The van der Waals surface area contributed by atoms with Crippen molar-refractivity contribution >= 4 is 28.9 Å². The second-order valence-corrected chi connectivity index (χ2v) is 6.62. The quantitative estimate of drug-likeness (QED) is 0.557. The van der Waals surface area contributed by atoms with Crippen LogP contribution in [0.3, 0.4) is 0 Å². The Labute approximate surface area is 166 Å². The Morgan fingerprint density at radius 1 is 1.25 bits per heavy atom. The minimum absolute atomic E-state index is 0.0625. The lowest BCUT2D eigenvalue weighted by Gasteiger charge is -2.36. The number of hydrogen-bond donors (Lipinski definition) is 0. The molecule has 1 heterocycles. The van der Waals surface area contributed by atoms with E-state index in [1.165, 1.54) is 12.1 Å². The van der Waals surface area contributed by atoms with E-state index in [9.17, 15) is 19.3 Å². The molecule has 0 unspecified atom stereocenters. The number of carbonyl (C=O) groups excluding carboxylic acids is 1. The number of amides is 1. The number of hydrogen-bond acceptors (Lipinski definition) is 5. The van der Waals surface area contributed by atoms with Crippen LogP contribution < -0.4 is 9.64 Å². The number of piperazine rings is 1. The van der Waals surface area contributed by atoms with Crippen molar-refractivity contribution in [1.82, 2.24) is 4.90 Å². The largest absolute Gasteiger partial charge is 0.487 e. The van der Waals surface area contributed by atoms with Crippen LogP contribution in [0.15, 0.2) is 36.4 Å². The number of ether oxygens (including phenoxy) is 1. The first-order valence-corrected chi connectivity index (χ1v) is 9.19. The van der Waals surface area contributed by atoms with Gasteiger partial charge in [0.1, 0.15) is 11.5 Å². The summed E-state index contributed by atoms with van der Waals surface area (Å²) in [7, 11) is 0. The number of benzene rings is 2. The number of para-hydroxylation sites is 1. The van der Waals surface area contributed by atoms with Crippen LogP contribution in [-0.4, -0.2) is 48.5 Å². The normalized spacial score (nSPS) is 14.1. The summed E-state index contributed by atoms with van der Waals surface area (Å²) in [5.41, 5.74) is 0.620. The van der Waals surface area contributed by atoms with Crippen LogP contribution in [0.5, 0.6) is 5.75 Å². The first-order valence-electron chi connectivity index (χ1n) is 8.81. The summed E-state index contributed by atoms with van der Waals surface area (Å²) >= 11 is 5.98. The lowest BCUT2D eigenvalue weighted by Crippen LogP contribution is -2.49. The molecule has 9 heteroatoms. The van der Waals surface area contributed by atoms with Crippen LogP contribution in [0, 0.1) is 15.9 Å². The average molecular weight is 408 g/mol. The Hall–Kier alpha value is -2.87. The molecule has 3 rings (SSSR count). The summed E-state index contributed by atoms with van der Waals surface area (Å²) in [5.74, 6) is -0.573. The summed E-state index contributed by atoms with van der Waals surface area (Å²) in [6.07, 6.45) is 0. The third-order valence-electron chi connectivity index (χ3n) is 4.53. The summed E-state index contributed by atoms with van der Waals surface area (Å²) in [4.78, 5) is 27.2. The summed E-state index contributed by atoms with van der Waals surface area (Å²) < 4.78 is 18.6. The first-order chi connectivity index (χ1) is 13.4. The molecule has 0 spiro atoms. The fourth-order valence-electron chi connectivity index (χ4n) is 3.21. The van der Waals surface area contributed by atoms with E-state index in [0.29, 0.717) is 38.5 Å². The summed E-state index contributed by atoms with van der Waals surface area (Å²) in [6.45, 7) is 3.65. The van der Waals surface area contributed by atoms with Gasteiger partial charge in [0, 0.05) is 26.2 Å². The fourth-order valence-corrected chi connectivity index (χ4v) is 3.45. The smallest absolute Gasteiger partial charge is 0.333 e. The van der Waals surface area contributed by atoms with Crippen molar-refractivity contribution in [3.63, 3.8) is 0 Å². The third kappa shape index (κ3) is 4.01. The number of nitro benzene ring substituents is 1. The topological polar surface area (TPSA) is 75.9 Å². The molecule has 1 amide bonds. The highest BCUT2D eigenvalue weighted by molar-refractivity contribution is 6.33. The molecule has 7 nitrogen and oxygen atoms in total. The molecular formula is C19H19ClFN3O4. The molecule has 1 aliphatic heterocycles. The van der Waals surface area contributed by atoms with Gasteiger partial charge in [0.15, 0.2) is 5.75 Å². The Morgan fingerprint density at radius 2 is 1.96 bits per heavy atom. The van der Waals surface area contributed by atoms with Gasteiger partial charge in [0.25, 0.3) is 5.91 Å². The maximum atomic E-state index is 13.2. The number of nitro groups is 1. The predicted octanol–water partition coefficient (Wildman–Crippen LogP) is 3.75. The lowest BCUT2D eigenvalue weighted by molar-refractivity contribution is -0.385. The van der Waals surface area contributed by atoms with Crippen LogP contribution in [0.2, 0.25) is 5.02 Å². The second kappa shape index (κ2) is 8.43. The number of carbonyl (C=O) groups is 1. The molecule has 1 saturated heterocycles. The molecule has 1 fully saturated rings. The van der Waals surface area contributed by atoms with Crippen LogP contribution >= 0.6 is 11.6 Å². The maximum absolute atomic E-state index is 13.2. The monoisotopic (exact) mass is 407 g/mol. The van der Waals surface area contributed by atoms with Gasteiger partial charge in [-0.05, 0) is 37.3 Å². The van der Waals surface area contributed by atoms with Crippen molar-refractivity contribution in [1.29, 1.82) is 0 Å². The molecule has 28 heavy (non-hydrogen) atoms. The van der Waals surface area contributed by atoms with E-state index in [1.807, 2.05) is 4.90 Å². The van der Waals surface area contributed by atoms with Crippen LogP contribution in [0.4, 0.5) is 15.8 Å². The van der Waals surface area contributed by atoms with Gasteiger partial charge in [-0.3, -0.25) is 14.9 Å². The Kier molecular flexibility index (Phi) is 5.99. The standard InChI is InChI=1S/C19H19ClFN3O4/c1-2-28-17-5-3-4-16(18(17)24(26)27)22-8-10-23(11-9-22)19(25)14-7-6-13(21)12-15(14)20/h3-7,12H,2,8-11H2,1H3. The maximum Gasteiger partial charge on any atom is 0.333 e. The molecule has 0 bridgehead atoms.